The second-order valence-corrected chi connectivity index (χ2v) is 5.58. The normalized spacial score (nSPS) is 20.6. The monoisotopic (exact) mass is 247 g/mol. The van der Waals surface area contributed by atoms with E-state index in [1.54, 1.807) is 11.3 Å². The summed E-state index contributed by atoms with van der Waals surface area (Å²) < 4.78 is 1.28. The molecule has 1 N–H and O–H groups in total. The van der Waals surface area contributed by atoms with Gasteiger partial charge in [-0.25, -0.2) is 4.98 Å². The van der Waals surface area contributed by atoms with E-state index >= 15 is 0 Å². The molecule has 0 saturated carbocycles. The molecule has 0 amide bonds. The number of likely N-dealkylation sites (N-methyl/N-ethyl adjacent to an activating group) is 1. The summed E-state index contributed by atoms with van der Waals surface area (Å²) in [7, 11) is 2.16. The smallest absolute Gasteiger partial charge is 0.186 e. The van der Waals surface area contributed by atoms with Gasteiger partial charge in [0.2, 0.25) is 0 Å². The Morgan fingerprint density at radius 1 is 1.41 bits per heavy atom. The van der Waals surface area contributed by atoms with Gasteiger partial charge in [-0.2, -0.15) is 0 Å². The van der Waals surface area contributed by atoms with E-state index in [-0.39, 0.29) is 0 Å². The molecule has 1 aliphatic heterocycles. The van der Waals surface area contributed by atoms with Crippen molar-refractivity contribution in [3.8, 4) is 0 Å². The molecule has 17 heavy (non-hydrogen) atoms. The number of para-hydroxylation sites is 1. The van der Waals surface area contributed by atoms with Crippen molar-refractivity contribution in [3.05, 3.63) is 24.3 Å². The molecule has 0 spiro atoms. The van der Waals surface area contributed by atoms with Gasteiger partial charge in [-0.1, -0.05) is 23.5 Å². The lowest BCUT2D eigenvalue weighted by atomic mass is 10.1. The zero-order valence-corrected chi connectivity index (χ0v) is 10.8. The minimum atomic E-state index is 0.587. The number of fused-ring (bicyclic) bond motifs is 1. The highest BCUT2D eigenvalue weighted by molar-refractivity contribution is 7.22. The molecule has 0 radical (unpaired) electrons. The highest BCUT2D eigenvalue weighted by atomic mass is 32.1. The predicted molar refractivity (Wildman–Crippen MR) is 73.9 cm³/mol. The van der Waals surface area contributed by atoms with E-state index in [2.05, 4.69) is 35.5 Å². The zero-order chi connectivity index (χ0) is 11.7. The second kappa shape index (κ2) is 4.63. The van der Waals surface area contributed by atoms with Crippen LogP contribution in [-0.2, 0) is 0 Å². The van der Waals surface area contributed by atoms with Crippen molar-refractivity contribution in [3.63, 3.8) is 0 Å². The number of nitrogens with zero attached hydrogens (tertiary/aromatic N) is 2. The predicted octanol–water partition coefficient (Wildman–Crippen LogP) is 2.48. The lowest BCUT2D eigenvalue weighted by Gasteiger charge is -2.31. The van der Waals surface area contributed by atoms with Crippen molar-refractivity contribution in [1.29, 1.82) is 0 Å². The maximum absolute atomic E-state index is 4.70. The number of rotatable bonds is 2. The molecule has 0 unspecified atom stereocenters. The van der Waals surface area contributed by atoms with Gasteiger partial charge in [0.1, 0.15) is 0 Å². The minimum Gasteiger partial charge on any atom is -0.347 e. The molecule has 3 nitrogen and oxygen atoms in total. The van der Waals surface area contributed by atoms with Crippen molar-refractivity contribution in [2.75, 3.05) is 25.0 Å². The Morgan fingerprint density at radius 3 is 3.06 bits per heavy atom. The SMILES string of the molecule is CN(c1nc2ccccc2s1)[C@@H]1CCCNC1. The molecule has 0 bridgehead atoms. The lowest BCUT2D eigenvalue weighted by molar-refractivity contribution is 0.445. The molecule has 1 aromatic heterocycles. The summed E-state index contributed by atoms with van der Waals surface area (Å²) in [5, 5.41) is 4.59. The molecule has 90 valence electrons. The van der Waals surface area contributed by atoms with Gasteiger partial charge in [-0.3, -0.25) is 0 Å². The quantitative estimate of drug-likeness (QED) is 0.883. The van der Waals surface area contributed by atoms with Gasteiger partial charge in [0.25, 0.3) is 0 Å². The number of hydrogen-bond acceptors (Lipinski definition) is 4. The Bertz CT molecular complexity index is 469. The first-order valence-corrected chi connectivity index (χ1v) is 6.95. The maximum atomic E-state index is 4.70. The third-order valence-corrected chi connectivity index (χ3v) is 4.53. The van der Waals surface area contributed by atoms with Gasteiger partial charge >= 0.3 is 0 Å². The van der Waals surface area contributed by atoms with Crippen molar-refractivity contribution in [2.24, 2.45) is 0 Å². The van der Waals surface area contributed by atoms with Crippen molar-refractivity contribution < 1.29 is 0 Å². The van der Waals surface area contributed by atoms with Gasteiger partial charge in [0.05, 0.1) is 10.2 Å². The first-order valence-electron chi connectivity index (χ1n) is 6.14. The standard InChI is InChI=1S/C13H17N3S/c1-16(10-5-4-8-14-9-10)13-15-11-6-2-3-7-12(11)17-13/h2-3,6-7,10,14H,4-5,8-9H2,1H3/t10-/m1/s1. The zero-order valence-electron chi connectivity index (χ0n) is 10.0. The lowest BCUT2D eigenvalue weighted by Crippen LogP contribution is -2.44. The van der Waals surface area contributed by atoms with Crippen LogP contribution in [0.4, 0.5) is 5.13 Å². The van der Waals surface area contributed by atoms with E-state index in [1.807, 2.05) is 6.07 Å². The van der Waals surface area contributed by atoms with Crippen LogP contribution in [0.3, 0.4) is 0 Å². The van der Waals surface area contributed by atoms with E-state index in [1.165, 1.54) is 17.5 Å². The third kappa shape index (κ3) is 2.15. The number of benzene rings is 1. The number of nitrogens with one attached hydrogen (secondary N) is 1. The fourth-order valence-electron chi connectivity index (χ4n) is 2.33. The summed E-state index contributed by atoms with van der Waals surface area (Å²) >= 11 is 1.79. The van der Waals surface area contributed by atoms with Crippen molar-refractivity contribution in [2.45, 2.75) is 18.9 Å². The molecule has 1 aromatic carbocycles. The highest BCUT2D eigenvalue weighted by Gasteiger charge is 2.20. The first-order chi connectivity index (χ1) is 8.34. The Labute approximate surface area is 105 Å². The fourth-order valence-corrected chi connectivity index (χ4v) is 3.33. The minimum absolute atomic E-state index is 0.587. The van der Waals surface area contributed by atoms with E-state index in [0.29, 0.717) is 6.04 Å². The van der Waals surface area contributed by atoms with Gasteiger partial charge in [0.15, 0.2) is 5.13 Å². The van der Waals surface area contributed by atoms with Gasteiger partial charge in [-0.15, -0.1) is 0 Å². The molecular formula is C13H17N3S. The number of aromatic nitrogens is 1. The van der Waals surface area contributed by atoms with Crippen molar-refractivity contribution in [1.82, 2.24) is 10.3 Å². The van der Waals surface area contributed by atoms with Gasteiger partial charge < -0.3 is 10.2 Å². The van der Waals surface area contributed by atoms with Crippen LogP contribution in [0.5, 0.6) is 0 Å². The molecule has 2 aromatic rings. The highest BCUT2D eigenvalue weighted by Crippen LogP contribution is 2.29. The number of hydrogen-bond donors (Lipinski definition) is 1. The second-order valence-electron chi connectivity index (χ2n) is 4.58. The molecule has 1 aliphatic rings. The number of piperidine rings is 1. The summed E-state index contributed by atoms with van der Waals surface area (Å²) in [6, 6.07) is 8.94. The van der Waals surface area contributed by atoms with Crippen LogP contribution in [0.25, 0.3) is 10.2 Å². The molecular weight excluding hydrogens is 230 g/mol. The largest absolute Gasteiger partial charge is 0.347 e. The average molecular weight is 247 g/mol. The maximum Gasteiger partial charge on any atom is 0.186 e. The van der Waals surface area contributed by atoms with Crippen LogP contribution >= 0.6 is 11.3 Å². The Hall–Kier alpha value is -1.13. The van der Waals surface area contributed by atoms with E-state index in [0.717, 1.165) is 23.7 Å². The van der Waals surface area contributed by atoms with Gasteiger partial charge in [-0.05, 0) is 31.5 Å². The molecule has 3 rings (SSSR count). The Balaban J connectivity index is 1.86. The molecule has 2 heterocycles. The molecule has 1 fully saturated rings. The van der Waals surface area contributed by atoms with Crippen LogP contribution in [0.2, 0.25) is 0 Å². The molecule has 1 saturated heterocycles. The van der Waals surface area contributed by atoms with Crippen LogP contribution in [-0.4, -0.2) is 31.2 Å². The summed E-state index contributed by atoms with van der Waals surface area (Å²) in [5.41, 5.74) is 1.11. The molecule has 0 aliphatic carbocycles. The van der Waals surface area contributed by atoms with Crippen LogP contribution in [0.15, 0.2) is 24.3 Å². The topological polar surface area (TPSA) is 28.2 Å². The van der Waals surface area contributed by atoms with E-state index in [4.69, 9.17) is 4.98 Å². The van der Waals surface area contributed by atoms with Crippen LogP contribution in [0.1, 0.15) is 12.8 Å². The van der Waals surface area contributed by atoms with E-state index in [9.17, 15) is 0 Å². The molecule has 4 heteroatoms. The summed E-state index contributed by atoms with van der Waals surface area (Å²) in [6.45, 7) is 2.23. The Kier molecular flexibility index (Phi) is 2.99. The summed E-state index contributed by atoms with van der Waals surface area (Å²) in [6.07, 6.45) is 2.53. The van der Waals surface area contributed by atoms with Crippen LogP contribution in [0, 0.1) is 0 Å². The van der Waals surface area contributed by atoms with Gasteiger partial charge in [0, 0.05) is 19.6 Å². The number of thiazole rings is 1. The van der Waals surface area contributed by atoms with Crippen LogP contribution < -0.4 is 10.2 Å². The third-order valence-electron chi connectivity index (χ3n) is 3.40. The van der Waals surface area contributed by atoms with Crippen molar-refractivity contribution >= 4 is 26.7 Å². The Morgan fingerprint density at radius 2 is 2.29 bits per heavy atom. The average Bonchev–Trinajstić information content (AvgIpc) is 2.82. The van der Waals surface area contributed by atoms with E-state index < -0.39 is 0 Å². The first kappa shape index (κ1) is 11.0. The molecule has 1 atom stereocenters. The number of anilines is 1. The summed E-state index contributed by atoms with van der Waals surface area (Å²) in [5.74, 6) is 0. The fraction of sp³-hybridized carbons (Fsp3) is 0.462. The summed E-state index contributed by atoms with van der Waals surface area (Å²) in [4.78, 5) is 7.03.